The predicted molar refractivity (Wildman–Crippen MR) is 107 cm³/mol. The SMILES string of the molecule is COc1ccc(C(=O)[O-])cc1S(=O)(=O)N1CC[NH+](C/C=C/c2ccccc2)CC1. The first-order valence-corrected chi connectivity index (χ1v) is 10.8. The number of piperazine rings is 1. The number of nitrogens with one attached hydrogen (secondary N) is 1. The Labute approximate surface area is 170 Å². The van der Waals surface area contributed by atoms with E-state index >= 15 is 0 Å². The van der Waals surface area contributed by atoms with Crippen LogP contribution in [-0.4, -0.2) is 58.5 Å². The molecule has 0 spiro atoms. The molecule has 2 aromatic rings. The van der Waals surface area contributed by atoms with Crippen molar-refractivity contribution in [3.05, 3.63) is 65.7 Å². The number of hydrogen-bond donors (Lipinski definition) is 1. The molecule has 0 atom stereocenters. The van der Waals surface area contributed by atoms with Crippen LogP contribution in [0.1, 0.15) is 15.9 Å². The molecule has 154 valence electrons. The molecule has 3 rings (SSSR count). The highest BCUT2D eigenvalue weighted by Gasteiger charge is 2.32. The number of carbonyl (C=O) groups excluding carboxylic acids is 1. The molecular formula is C21H24N2O5S. The first-order chi connectivity index (χ1) is 13.9. The second kappa shape index (κ2) is 9.21. The second-order valence-corrected chi connectivity index (χ2v) is 8.73. The number of methoxy groups -OCH3 is 1. The molecule has 0 radical (unpaired) electrons. The Morgan fingerprint density at radius 3 is 2.48 bits per heavy atom. The monoisotopic (exact) mass is 416 g/mol. The van der Waals surface area contributed by atoms with Crippen LogP contribution in [0.2, 0.25) is 0 Å². The van der Waals surface area contributed by atoms with Gasteiger partial charge in [0.2, 0.25) is 10.0 Å². The first-order valence-electron chi connectivity index (χ1n) is 9.36. The van der Waals surface area contributed by atoms with Crippen molar-refractivity contribution >= 4 is 22.1 Å². The highest BCUT2D eigenvalue weighted by atomic mass is 32.2. The summed E-state index contributed by atoms with van der Waals surface area (Å²) < 4.78 is 32.6. The zero-order valence-corrected chi connectivity index (χ0v) is 17.0. The fourth-order valence-corrected chi connectivity index (χ4v) is 4.94. The number of aromatic carboxylic acids is 1. The summed E-state index contributed by atoms with van der Waals surface area (Å²) in [6.45, 7) is 2.86. The highest BCUT2D eigenvalue weighted by Crippen LogP contribution is 2.27. The average molecular weight is 416 g/mol. The van der Waals surface area contributed by atoms with Gasteiger partial charge in [-0.1, -0.05) is 36.4 Å². The topological polar surface area (TPSA) is 91.2 Å². The molecule has 1 heterocycles. The number of carboxylic acid groups (broad SMARTS) is 1. The maximum Gasteiger partial charge on any atom is 0.247 e. The minimum atomic E-state index is -3.86. The van der Waals surface area contributed by atoms with E-state index in [1.807, 2.05) is 30.3 Å². The molecule has 0 aliphatic carbocycles. The summed E-state index contributed by atoms with van der Waals surface area (Å²) in [5.74, 6) is -1.31. The van der Waals surface area contributed by atoms with E-state index in [4.69, 9.17) is 4.74 Å². The number of benzene rings is 2. The van der Waals surface area contributed by atoms with Gasteiger partial charge in [-0.3, -0.25) is 0 Å². The van der Waals surface area contributed by atoms with Gasteiger partial charge in [0.05, 0.1) is 45.8 Å². The molecule has 2 aromatic carbocycles. The number of carbonyl (C=O) groups is 1. The van der Waals surface area contributed by atoms with Crippen LogP contribution in [0.15, 0.2) is 59.5 Å². The zero-order valence-electron chi connectivity index (χ0n) is 16.2. The standard InChI is InChI=1S/C21H24N2O5S/c1-28-19-10-9-18(21(24)25)16-20(19)29(26,27)23-14-12-22(13-15-23)11-5-8-17-6-3-2-4-7-17/h2-10,16H,11-15H2,1H3,(H,24,25)/b8-5+. The lowest BCUT2D eigenvalue weighted by molar-refractivity contribution is -0.897. The Bertz CT molecular complexity index is 981. The largest absolute Gasteiger partial charge is 0.545 e. The van der Waals surface area contributed by atoms with Gasteiger partial charge < -0.3 is 19.5 Å². The van der Waals surface area contributed by atoms with E-state index in [1.165, 1.54) is 28.4 Å². The van der Waals surface area contributed by atoms with E-state index in [9.17, 15) is 18.3 Å². The van der Waals surface area contributed by atoms with E-state index < -0.39 is 16.0 Å². The smallest absolute Gasteiger partial charge is 0.247 e. The van der Waals surface area contributed by atoms with Gasteiger partial charge in [-0.2, -0.15) is 4.31 Å². The van der Waals surface area contributed by atoms with Crippen LogP contribution in [-0.2, 0) is 10.0 Å². The third-order valence-electron chi connectivity index (χ3n) is 4.96. The summed E-state index contributed by atoms with van der Waals surface area (Å²) >= 11 is 0. The minimum absolute atomic E-state index is 0.121. The number of quaternary nitrogens is 1. The van der Waals surface area contributed by atoms with Crippen LogP contribution in [0.5, 0.6) is 5.75 Å². The Hall–Kier alpha value is -2.68. The molecule has 1 aliphatic heterocycles. The van der Waals surface area contributed by atoms with Crippen LogP contribution in [0, 0.1) is 0 Å². The van der Waals surface area contributed by atoms with Crippen molar-refractivity contribution < 1.29 is 28.0 Å². The third-order valence-corrected chi connectivity index (χ3v) is 6.88. The first kappa shape index (κ1) is 21.0. The van der Waals surface area contributed by atoms with Gasteiger partial charge in [-0.05, 0) is 35.4 Å². The number of carboxylic acids is 1. The second-order valence-electron chi connectivity index (χ2n) is 6.82. The van der Waals surface area contributed by atoms with Gasteiger partial charge in [0, 0.05) is 0 Å². The quantitative estimate of drug-likeness (QED) is 0.667. The fraction of sp³-hybridized carbons (Fsp3) is 0.286. The van der Waals surface area contributed by atoms with Crippen LogP contribution >= 0.6 is 0 Å². The molecule has 8 heteroatoms. The summed E-state index contributed by atoms with van der Waals surface area (Å²) in [5.41, 5.74) is 0.938. The number of sulfonamides is 1. The Kier molecular flexibility index (Phi) is 6.68. The van der Waals surface area contributed by atoms with E-state index in [0.717, 1.165) is 18.2 Å². The van der Waals surface area contributed by atoms with E-state index in [0.29, 0.717) is 26.2 Å². The molecule has 0 amide bonds. The van der Waals surface area contributed by atoms with Crippen molar-refractivity contribution in [2.75, 3.05) is 39.8 Å². The summed E-state index contributed by atoms with van der Waals surface area (Å²) in [7, 11) is -2.51. The Morgan fingerprint density at radius 2 is 1.86 bits per heavy atom. The number of rotatable bonds is 7. The molecule has 0 aromatic heterocycles. The molecule has 0 unspecified atom stereocenters. The maximum absolute atomic E-state index is 13.1. The van der Waals surface area contributed by atoms with Crippen molar-refractivity contribution in [1.29, 1.82) is 0 Å². The van der Waals surface area contributed by atoms with Crippen molar-refractivity contribution in [3.8, 4) is 5.75 Å². The fourth-order valence-electron chi connectivity index (χ4n) is 3.32. The Balaban J connectivity index is 1.66. The van der Waals surface area contributed by atoms with Crippen LogP contribution < -0.4 is 14.7 Å². The van der Waals surface area contributed by atoms with Crippen LogP contribution in [0.25, 0.3) is 6.08 Å². The summed E-state index contributed by atoms with van der Waals surface area (Å²) in [6.07, 6.45) is 4.16. The van der Waals surface area contributed by atoms with Crippen molar-refractivity contribution in [2.45, 2.75) is 4.90 Å². The molecule has 1 saturated heterocycles. The lowest BCUT2D eigenvalue weighted by Crippen LogP contribution is -3.14. The van der Waals surface area contributed by atoms with Gasteiger partial charge in [-0.25, -0.2) is 8.42 Å². The van der Waals surface area contributed by atoms with Gasteiger partial charge in [0.1, 0.15) is 10.6 Å². The highest BCUT2D eigenvalue weighted by molar-refractivity contribution is 7.89. The van der Waals surface area contributed by atoms with Gasteiger partial charge >= 0.3 is 0 Å². The van der Waals surface area contributed by atoms with E-state index in [1.54, 1.807) is 0 Å². The van der Waals surface area contributed by atoms with Crippen molar-refractivity contribution in [3.63, 3.8) is 0 Å². The lowest BCUT2D eigenvalue weighted by atomic mass is 10.2. The summed E-state index contributed by atoms with van der Waals surface area (Å²) in [5, 5.41) is 11.1. The molecule has 29 heavy (non-hydrogen) atoms. The molecule has 1 fully saturated rings. The minimum Gasteiger partial charge on any atom is -0.545 e. The van der Waals surface area contributed by atoms with E-state index in [-0.39, 0.29) is 16.2 Å². The van der Waals surface area contributed by atoms with Gasteiger partial charge in [-0.15, -0.1) is 0 Å². The maximum atomic E-state index is 13.1. The van der Waals surface area contributed by atoms with Crippen LogP contribution in [0.4, 0.5) is 0 Å². The van der Waals surface area contributed by atoms with Crippen LogP contribution in [0.3, 0.4) is 0 Å². The lowest BCUT2D eigenvalue weighted by Gasteiger charge is -2.31. The predicted octanol–water partition coefficient (Wildman–Crippen LogP) is -0.339. The number of ether oxygens (including phenoxy) is 1. The zero-order chi connectivity index (χ0) is 20.9. The number of hydrogen-bond acceptors (Lipinski definition) is 5. The molecule has 0 saturated carbocycles. The summed E-state index contributed by atoms with van der Waals surface area (Å²) in [4.78, 5) is 12.3. The van der Waals surface area contributed by atoms with Gasteiger partial charge in [0.15, 0.2) is 0 Å². The van der Waals surface area contributed by atoms with E-state index in [2.05, 4.69) is 12.2 Å². The molecule has 1 aliphatic rings. The van der Waals surface area contributed by atoms with Crippen molar-refractivity contribution in [1.82, 2.24) is 4.31 Å². The molecule has 0 bridgehead atoms. The Morgan fingerprint density at radius 1 is 1.17 bits per heavy atom. The third kappa shape index (κ3) is 5.03. The normalized spacial score (nSPS) is 16.2. The molecule has 1 N–H and O–H groups in total. The number of nitrogens with zero attached hydrogens (tertiary/aromatic N) is 1. The summed E-state index contributed by atoms with van der Waals surface area (Å²) in [6, 6.07) is 13.7. The molecule has 7 nitrogen and oxygen atoms in total. The average Bonchev–Trinajstić information content (AvgIpc) is 2.74. The van der Waals surface area contributed by atoms with Gasteiger partial charge in [0.25, 0.3) is 0 Å². The molecular weight excluding hydrogens is 392 g/mol. The van der Waals surface area contributed by atoms with Crippen molar-refractivity contribution in [2.24, 2.45) is 0 Å².